The molecule has 0 fully saturated rings. The first-order valence-electron chi connectivity index (χ1n) is 5.47. The molecular formula is C13H19F2NO. The van der Waals surface area contributed by atoms with Gasteiger partial charge in [0.15, 0.2) is 0 Å². The van der Waals surface area contributed by atoms with Crippen molar-refractivity contribution in [2.75, 3.05) is 7.11 Å². The molecule has 0 saturated heterocycles. The summed E-state index contributed by atoms with van der Waals surface area (Å²) >= 11 is 0. The van der Waals surface area contributed by atoms with E-state index in [1.54, 1.807) is 26.8 Å². The summed E-state index contributed by atoms with van der Waals surface area (Å²) in [4.78, 5) is 0. The lowest BCUT2D eigenvalue weighted by Crippen LogP contribution is -2.38. The van der Waals surface area contributed by atoms with Crippen LogP contribution in [0.1, 0.15) is 31.4 Å². The molecule has 0 heterocycles. The fourth-order valence-electron chi connectivity index (χ4n) is 1.78. The molecule has 2 N–H and O–H groups in total. The molecule has 0 saturated carbocycles. The van der Waals surface area contributed by atoms with Crippen molar-refractivity contribution in [1.82, 2.24) is 0 Å². The fraction of sp³-hybridized carbons (Fsp3) is 0.538. The van der Waals surface area contributed by atoms with Crippen molar-refractivity contribution in [1.29, 1.82) is 0 Å². The van der Waals surface area contributed by atoms with Crippen LogP contribution in [-0.4, -0.2) is 12.6 Å². The van der Waals surface area contributed by atoms with Crippen LogP contribution in [0, 0.1) is 6.92 Å². The zero-order valence-corrected chi connectivity index (χ0v) is 10.7. The van der Waals surface area contributed by atoms with E-state index in [9.17, 15) is 8.78 Å². The summed E-state index contributed by atoms with van der Waals surface area (Å²) in [6, 6.07) is 4.39. The molecule has 0 aliphatic heterocycles. The van der Waals surface area contributed by atoms with Gasteiger partial charge < -0.3 is 10.5 Å². The van der Waals surface area contributed by atoms with Crippen LogP contribution in [0.2, 0.25) is 0 Å². The van der Waals surface area contributed by atoms with Gasteiger partial charge in [0.2, 0.25) is 0 Å². The number of hydrogen-bond acceptors (Lipinski definition) is 2. The van der Waals surface area contributed by atoms with Gasteiger partial charge in [0.05, 0.1) is 7.11 Å². The maximum Gasteiger partial charge on any atom is 0.275 e. The van der Waals surface area contributed by atoms with Crippen molar-refractivity contribution in [3.63, 3.8) is 0 Å². The van der Waals surface area contributed by atoms with Gasteiger partial charge in [0, 0.05) is 17.5 Å². The highest BCUT2D eigenvalue weighted by Crippen LogP contribution is 2.36. The van der Waals surface area contributed by atoms with Crippen LogP contribution in [-0.2, 0) is 5.92 Å². The number of nitrogens with two attached hydrogens (primary N) is 1. The average Bonchev–Trinajstić information content (AvgIpc) is 2.13. The molecule has 0 amide bonds. The zero-order chi connectivity index (χ0) is 13.3. The smallest absolute Gasteiger partial charge is 0.275 e. The molecule has 1 aromatic carbocycles. The van der Waals surface area contributed by atoms with Gasteiger partial charge in [-0.25, -0.2) is 8.78 Å². The molecule has 0 bridgehead atoms. The Balaban J connectivity index is 3.03. The Kier molecular flexibility index (Phi) is 3.77. The molecule has 4 heteroatoms. The third-order valence-corrected chi connectivity index (χ3v) is 2.49. The maximum absolute atomic E-state index is 13.9. The number of aryl methyl sites for hydroxylation is 1. The molecule has 1 aromatic rings. The highest BCUT2D eigenvalue weighted by Gasteiger charge is 2.36. The number of rotatable bonds is 4. The number of halogens is 2. The quantitative estimate of drug-likeness (QED) is 0.881. The summed E-state index contributed by atoms with van der Waals surface area (Å²) in [6.45, 7) is 4.93. The minimum absolute atomic E-state index is 0.0191. The van der Waals surface area contributed by atoms with Crippen molar-refractivity contribution < 1.29 is 13.5 Å². The van der Waals surface area contributed by atoms with E-state index < -0.39 is 11.5 Å². The second-order valence-electron chi connectivity index (χ2n) is 5.05. The minimum atomic E-state index is -2.92. The second kappa shape index (κ2) is 4.61. The minimum Gasteiger partial charge on any atom is -0.496 e. The standard InChI is InChI=1S/C13H19F2NO/c1-9-7-10(5-6-11(9)17-4)13(14,15)8-12(2,3)16/h5-7H,8,16H2,1-4H3. The number of ether oxygens (including phenoxy) is 1. The molecule has 0 aromatic heterocycles. The van der Waals surface area contributed by atoms with E-state index in [2.05, 4.69) is 0 Å². The molecule has 1 rings (SSSR count). The lowest BCUT2D eigenvalue weighted by atomic mass is 9.92. The third-order valence-electron chi connectivity index (χ3n) is 2.49. The van der Waals surface area contributed by atoms with Crippen molar-refractivity contribution >= 4 is 0 Å². The Morgan fingerprint density at radius 3 is 2.29 bits per heavy atom. The van der Waals surface area contributed by atoms with E-state index in [4.69, 9.17) is 10.5 Å². The highest BCUT2D eigenvalue weighted by molar-refractivity contribution is 5.37. The first-order chi connectivity index (χ1) is 7.65. The lowest BCUT2D eigenvalue weighted by molar-refractivity contribution is -0.0296. The van der Waals surface area contributed by atoms with Crippen LogP contribution < -0.4 is 10.5 Å². The van der Waals surface area contributed by atoms with Crippen molar-refractivity contribution in [2.45, 2.75) is 38.7 Å². The summed E-state index contributed by atoms with van der Waals surface area (Å²) < 4.78 is 32.9. The normalized spacial score (nSPS) is 12.6. The summed E-state index contributed by atoms with van der Waals surface area (Å²) in [5, 5.41) is 0. The van der Waals surface area contributed by atoms with Gasteiger partial charge in [-0.2, -0.15) is 0 Å². The third kappa shape index (κ3) is 3.66. The fourth-order valence-corrected chi connectivity index (χ4v) is 1.78. The monoisotopic (exact) mass is 243 g/mol. The predicted molar refractivity (Wildman–Crippen MR) is 64.5 cm³/mol. The van der Waals surface area contributed by atoms with E-state index in [1.165, 1.54) is 19.2 Å². The Labute approximate surface area is 101 Å². The summed E-state index contributed by atoms with van der Waals surface area (Å²) in [6.07, 6.45) is -0.383. The lowest BCUT2D eigenvalue weighted by Gasteiger charge is -2.26. The van der Waals surface area contributed by atoms with Crippen molar-refractivity contribution in [2.24, 2.45) is 5.73 Å². The van der Waals surface area contributed by atoms with E-state index in [-0.39, 0.29) is 12.0 Å². The van der Waals surface area contributed by atoms with Gasteiger partial charge >= 0.3 is 0 Å². The zero-order valence-electron chi connectivity index (χ0n) is 10.7. The van der Waals surface area contributed by atoms with Gasteiger partial charge in [-0.3, -0.25) is 0 Å². The van der Waals surface area contributed by atoms with Gasteiger partial charge in [-0.05, 0) is 44.5 Å². The first kappa shape index (κ1) is 13.9. The van der Waals surface area contributed by atoms with Gasteiger partial charge in [-0.15, -0.1) is 0 Å². The molecular weight excluding hydrogens is 224 g/mol. The van der Waals surface area contributed by atoms with Crippen LogP contribution in [0.25, 0.3) is 0 Å². The Bertz CT molecular complexity index is 397. The Hall–Kier alpha value is -1.16. The van der Waals surface area contributed by atoms with E-state index in [0.717, 1.165) is 0 Å². The molecule has 96 valence electrons. The summed E-state index contributed by atoms with van der Waals surface area (Å²) in [7, 11) is 1.52. The largest absolute Gasteiger partial charge is 0.496 e. The van der Waals surface area contributed by atoms with Gasteiger partial charge in [0.25, 0.3) is 5.92 Å². The average molecular weight is 243 g/mol. The second-order valence-corrected chi connectivity index (χ2v) is 5.05. The molecule has 2 nitrogen and oxygen atoms in total. The van der Waals surface area contributed by atoms with Crippen LogP contribution in [0.5, 0.6) is 5.75 Å². The summed E-state index contributed by atoms with van der Waals surface area (Å²) in [5.74, 6) is -2.31. The molecule has 0 aliphatic rings. The highest BCUT2D eigenvalue weighted by atomic mass is 19.3. The van der Waals surface area contributed by atoms with E-state index in [0.29, 0.717) is 11.3 Å². The number of alkyl halides is 2. The number of methoxy groups -OCH3 is 1. The first-order valence-corrected chi connectivity index (χ1v) is 5.47. The van der Waals surface area contributed by atoms with Gasteiger partial charge in [0.1, 0.15) is 5.75 Å². The van der Waals surface area contributed by atoms with Crippen LogP contribution in [0.4, 0.5) is 8.78 Å². The van der Waals surface area contributed by atoms with Crippen molar-refractivity contribution in [3.05, 3.63) is 29.3 Å². The van der Waals surface area contributed by atoms with Crippen LogP contribution in [0.3, 0.4) is 0 Å². The summed E-state index contributed by atoms with van der Waals surface area (Å²) in [5.41, 5.74) is 5.42. The van der Waals surface area contributed by atoms with E-state index in [1.807, 2.05) is 0 Å². The van der Waals surface area contributed by atoms with Crippen LogP contribution >= 0.6 is 0 Å². The van der Waals surface area contributed by atoms with Crippen LogP contribution in [0.15, 0.2) is 18.2 Å². The van der Waals surface area contributed by atoms with E-state index >= 15 is 0 Å². The number of hydrogen-bond donors (Lipinski definition) is 1. The van der Waals surface area contributed by atoms with Gasteiger partial charge in [-0.1, -0.05) is 0 Å². The molecule has 0 atom stereocenters. The maximum atomic E-state index is 13.9. The Morgan fingerprint density at radius 2 is 1.88 bits per heavy atom. The molecule has 0 radical (unpaired) electrons. The molecule has 17 heavy (non-hydrogen) atoms. The molecule has 0 unspecified atom stereocenters. The number of benzene rings is 1. The molecule has 0 spiro atoms. The topological polar surface area (TPSA) is 35.2 Å². The SMILES string of the molecule is COc1ccc(C(F)(F)CC(C)(C)N)cc1C. The predicted octanol–water partition coefficient (Wildman–Crippen LogP) is 3.22. The van der Waals surface area contributed by atoms with Crippen molar-refractivity contribution in [3.8, 4) is 5.75 Å². The molecule has 0 aliphatic carbocycles. The Morgan fingerprint density at radius 1 is 1.29 bits per heavy atom.